The molecule has 3 aliphatic heterocycles. The molecule has 6 rings (SSSR count). The van der Waals surface area contributed by atoms with Gasteiger partial charge in [0.2, 0.25) is 5.91 Å². The van der Waals surface area contributed by atoms with Crippen molar-refractivity contribution in [2.45, 2.75) is 50.5 Å². The first-order valence-electron chi connectivity index (χ1n) is 14.0. The van der Waals surface area contributed by atoms with Gasteiger partial charge in [-0.15, -0.1) is 0 Å². The fourth-order valence-electron chi connectivity index (χ4n) is 5.97. The first-order chi connectivity index (χ1) is 19.9. The first-order valence-corrected chi connectivity index (χ1v) is 14.0. The van der Waals surface area contributed by atoms with E-state index < -0.39 is 11.7 Å². The molecule has 0 aromatic heterocycles. The van der Waals surface area contributed by atoms with E-state index in [9.17, 15) is 18.8 Å². The summed E-state index contributed by atoms with van der Waals surface area (Å²) in [5, 5.41) is 2.73. The fourth-order valence-corrected chi connectivity index (χ4v) is 5.97. The van der Waals surface area contributed by atoms with Gasteiger partial charge in [-0.25, -0.2) is 4.39 Å². The molecule has 0 aliphatic carbocycles. The number of amides is 3. The van der Waals surface area contributed by atoms with E-state index in [-0.39, 0.29) is 42.2 Å². The van der Waals surface area contributed by atoms with Crippen LogP contribution in [0.5, 0.6) is 5.75 Å². The van der Waals surface area contributed by atoms with Gasteiger partial charge in [0.15, 0.2) is 0 Å². The van der Waals surface area contributed by atoms with Gasteiger partial charge >= 0.3 is 0 Å². The molecule has 3 heterocycles. The van der Waals surface area contributed by atoms with Gasteiger partial charge in [-0.1, -0.05) is 30.3 Å². The number of anilines is 1. The van der Waals surface area contributed by atoms with Gasteiger partial charge in [-0.2, -0.15) is 0 Å². The Hall–Kier alpha value is -4.24. The highest BCUT2D eigenvalue weighted by Crippen LogP contribution is 2.33. The van der Waals surface area contributed by atoms with E-state index in [0.717, 1.165) is 12.5 Å². The Morgan fingerprint density at radius 1 is 1.02 bits per heavy atom. The second-order valence-corrected chi connectivity index (χ2v) is 10.9. The highest BCUT2D eigenvalue weighted by molar-refractivity contribution is 6.05. The number of benzene rings is 3. The van der Waals surface area contributed by atoms with Gasteiger partial charge in [-0.05, 0) is 66.8 Å². The molecule has 3 aromatic carbocycles. The van der Waals surface area contributed by atoms with Crippen LogP contribution in [-0.4, -0.2) is 66.0 Å². The largest absolute Gasteiger partial charge is 0.490 e. The number of rotatable bonds is 4. The number of nitrogens with zero attached hydrogens (tertiary/aromatic N) is 2. The van der Waals surface area contributed by atoms with Gasteiger partial charge in [0.05, 0.1) is 24.1 Å². The minimum absolute atomic E-state index is 0.0808. The molecule has 1 fully saturated rings. The van der Waals surface area contributed by atoms with Crippen LogP contribution < -0.4 is 10.1 Å². The number of carbonyl (C=O) groups is 3. The Morgan fingerprint density at radius 2 is 1.85 bits per heavy atom. The average molecular weight is 558 g/mol. The molecular formula is C32H32FN3O5. The lowest BCUT2D eigenvalue weighted by atomic mass is 9.94. The molecule has 0 bridgehead atoms. The van der Waals surface area contributed by atoms with E-state index in [0.29, 0.717) is 49.4 Å². The van der Waals surface area contributed by atoms with Crippen LogP contribution in [0.1, 0.15) is 51.1 Å². The van der Waals surface area contributed by atoms with Crippen LogP contribution in [-0.2, 0) is 22.5 Å². The zero-order valence-electron chi connectivity index (χ0n) is 22.8. The standard InChI is InChI=1S/C32H32FN3O5/c1-35-27-11-10-25(17-30(37)36-14-13-20-5-2-3-6-22(20)18-36)41-29(27)19-40-28-12-9-24(16-26(28)32(35)39)34-31(38)21-7-4-8-23(33)15-21/h2-9,12,15-16,25,27,29H,10-11,13-14,17-19H2,1H3,(H,34,38)/t25-,27-,29+/m0/s1. The smallest absolute Gasteiger partial charge is 0.257 e. The van der Waals surface area contributed by atoms with Gasteiger partial charge in [0.25, 0.3) is 11.8 Å². The third-order valence-electron chi connectivity index (χ3n) is 8.24. The molecule has 41 heavy (non-hydrogen) atoms. The summed E-state index contributed by atoms with van der Waals surface area (Å²) in [5.74, 6) is -0.766. The van der Waals surface area contributed by atoms with Crippen molar-refractivity contribution in [3.8, 4) is 5.75 Å². The summed E-state index contributed by atoms with van der Waals surface area (Å²) in [4.78, 5) is 42.9. The monoisotopic (exact) mass is 557 g/mol. The molecule has 3 amide bonds. The summed E-state index contributed by atoms with van der Waals surface area (Å²) in [6.45, 7) is 1.55. The van der Waals surface area contributed by atoms with Crippen molar-refractivity contribution < 1.29 is 28.2 Å². The minimum atomic E-state index is -0.505. The van der Waals surface area contributed by atoms with Crippen molar-refractivity contribution in [1.82, 2.24) is 9.80 Å². The Labute approximate surface area is 238 Å². The number of hydrogen-bond acceptors (Lipinski definition) is 5. The van der Waals surface area contributed by atoms with Gasteiger partial charge in [0, 0.05) is 31.4 Å². The van der Waals surface area contributed by atoms with Crippen LogP contribution in [0.2, 0.25) is 0 Å². The van der Waals surface area contributed by atoms with E-state index in [2.05, 4.69) is 17.4 Å². The van der Waals surface area contributed by atoms with Crippen LogP contribution in [0.15, 0.2) is 66.7 Å². The molecule has 212 valence electrons. The summed E-state index contributed by atoms with van der Waals surface area (Å²) in [5.41, 5.74) is 3.40. The normalized spacial score (nSPS) is 21.9. The van der Waals surface area contributed by atoms with E-state index in [1.165, 1.54) is 29.3 Å². The molecule has 0 spiro atoms. The predicted molar refractivity (Wildman–Crippen MR) is 150 cm³/mol. The number of carbonyl (C=O) groups excluding carboxylic acids is 3. The Kier molecular flexibility index (Phi) is 7.45. The highest BCUT2D eigenvalue weighted by Gasteiger charge is 2.39. The number of fused-ring (bicyclic) bond motifs is 3. The average Bonchev–Trinajstić information content (AvgIpc) is 2.99. The molecule has 1 saturated heterocycles. The molecule has 3 aliphatic rings. The highest BCUT2D eigenvalue weighted by atomic mass is 19.1. The lowest BCUT2D eigenvalue weighted by molar-refractivity contribution is -0.143. The number of ether oxygens (including phenoxy) is 2. The van der Waals surface area contributed by atoms with Crippen molar-refractivity contribution >= 4 is 23.4 Å². The summed E-state index contributed by atoms with van der Waals surface area (Å²) in [6.07, 6.45) is 1.88. The molecule has 3 aromatic rings. The zero-order valence-corrected chi connectivity index (χ0v) is 22.8. The fraction of sp³-hybridized carbons (Fsp3) is 0.344. The second-order valence-electron chi connectivity index (χ2n) is 10.9. The number of nitrogens with one attached hydrogen (secondary N) is 1. The SMILES string of the molecule is CN1C(=O)c2cc(NC(=O)c3cccc(F)c3)ccc2OC[C@H]2O[C@H](CC(=O)N3CCc4ccccc4C3)CC[C@@H]21. The number of hydrogen-bond donors (Lipinski definition) is 1. The van der Waals surface area contributed by atoms with Crippen LogP contribution in [0, 0.1) is 5.82 Å². The topological polar surface area (TPSA) is 88.2 Å². The third kappa shape index (κ3) is 5.67. The lowest BCUT2D eigenvalue weighted by Crippen LogP contribution is -2.54. The molecule has 3 atom stereocenters. The molecule has 8 nitrogen and oxygen atoms in total. The number of likely N-dealkylation sites (N-methyl/N-ethyl adjacent to an activating group) is 1. The van der Waals surface area contributed by atoms with E-state index >= 15 is 0 Å². The van der Waals surface area contributed by atoms with E-state index in [1.54, 1.807) is 30.1 Å². The maximum absolute atomic E-state index is 13.5. The lowest BCUT2D eigenvalue weighted by Gasteiger charge is -2.42. The van der Waals surface area contributed by atoms with Crippen molar-refractivity contribution in [1.29, 1.82) is 0 Å². The Bertz CT molecular complexity index is 1490. The van der Waals surface area contributed by atoms with Crippen molar-refractivity contribution in [2.75, 3.05) is 25.5 Å². The second kappa shape index (κ2) is 11.3. The summed E-state index contributed by atoms with van der Waals surface area (Å²) in [7, 11) is 1.74. The quantitative estimate of drug-likeness (QED) is 0.513. The summed E-state index contributed by atoms with van der Waals surface area (Å²) < 4.78 is 26.0. The molecule has 1 N–H and O–H groups in total. The summed E-state index contributed by atoms with van der Waals surface area (Å²) >= 11 is 0. The molecule has 0 radical (unpaired) electrons. The van der Waals surface area contributed by atoms with E-state index in [1.807, 2.05) is 17.0 Å². The predicted octanol–water partition coefficient (Wildman–Crippen LogP) is 4.43. The summed E-state index contributed by atoms with van der Waals surface area (Å²) in [6, 6.07) is 18.3. The van der Waals surface area contributed by atoms with Crippen molar-refractivity contribution in [3.05, 3.63) is 94.8 Å². The van der Waals surface area contributed by atoms with Gasteiger partial charge < -0.3 is 24.6 Å². The van der Waals surface area contributed by atoms with E-state index in [4.69, 9.17) is 9.47 Å². The third-order valence-corrected chi connectivity index (χ3v) is 8.24. The number of halogens is 1. The van der Waals surface area contributed by atoms with Crippen molar-refractivity contribution in [3.63, 3.8) is 0 Å². The van der Waals surface area contributed by atoms with Crippen LogP contribution in [0.3, 0.4) is 0 Å². The van der Waals surface area contributed by atoms with Crippen LogP contribution in [0.4, 0.5) is 10.1 Å². The maximum atomic E-state index is 13.5. The molecular weight excluding hydrogens is 525 g/mol. The first kappa shape index (κ1) is 27.0. The van der Waals surface area contributed by atoms with Gasteiger partial charge in [-0.3, -0.25) is 14.4 Å². The maximum Gasteiger partial charge on any atom is 0.257 e. The minimum Gasteiger partial charge on any atom is -0.490 e. The van der Waals surface area contributed by atoms with Crippen molar-refractivity contribution in [2.24, 2.45) is 0 Å². The zero-order chi connectivity index (χ0) is 28.5. The Balaban J connectivity index is 1.11. The Morgan fingerprint density at radius 3 is 2.68 bits per heavy atom. The molecule has 0 unspecified atom stereocenters. The molecule has 0 saturated carbocycles. The van der Waals surface area contributed by atoms with Gasteiger partial charge in [0.1, 0.15) is 24.3 Å². The van der Waals surface area contributed by atoms with Crippen LogP contribution >= 0.6 is 0 Å². The molecule has 9 heteroatoms. The van der Waals surface area contributed by atoms with Crippen LogP contribution in [0.25, 0.3) is 0 Å².